The molecule has 186 valence electrons. The summed E-state index contributed by atoms with van der Waals surface area (Å²) < 4.78 is 5.32. The average Bonchev–Trinajstić information content (AvgIpc) is 3.12. The molecule has 0 radical (unpaired) electrons. The van der Waals surface area contributed by atoms with E-state index >= 15 is 0 Å². The molecule has 2 aromatic rings. The molecule has 1 aliphatic rings. The van der Waals surface area contributed by atoms with Crippen LogP contribution in [0.5, 0.6) is 0 Å². The minimum atomic E-state index is -0.171. The molecule has 1 aromatic carbocycles. The molecule has 0 bridgehead atoms. The number of benzene rings is 1. The van der Waals surface area contributed by atoms with Crippen molar-refractivity contribution >= 4 is 34.8 Å². The lowest BCUT2D eigenvalue weighted by atomic mass is 10.0. The zero-order chi connectivity index (χ0) is 26.0. The molecule has 35 heavy (non-hydrogen) atoms. The summed E-state index contributed by atoms with van der Waals surface area (Å²) in [6, 6.07) is 9.54. The van der Waals surface area contributed by atoms with Gasteiger partial charge in [-0.25, -0.2) is 0 Å². The summed E-state index contributed by atoms with van der Waals surface area (Å²) in [5, 5.41) is 12.9. The molecule has 0 unspecified atom stereocenters. The van der Waals surface area contributed by atoms with E-state index in [1.54, 1.807) is 36.3 Å². The number of nitrogens with two attached hydrogens (primary N) is 1. The number of nitrogens with zero attached hydrogens (tertiary/aromatic N) is 2. The van der Waals surface area contributed by atoms with E-state index in [2.05, 4.69) is 16.4 Å². The van der Waals surface area contributed by atoms with Crippen molar-refractivity contribution in [2.75, 3.05) is 11.6 Å². The predicted octanol–water partition coefficient (Wildman–Crippen LogP) is 6.61. The van der Waals surface area contributed by atoms with Crippen LogP contribution in [-0.2, 0) is 16.0 Å². The zero-order valence-corrected chi connectivity index (χ0v) is 22.5. The van der Waals surface area contributed by atoms with E-state index in [4.69, 9.17) is 27.3 Å². The van der Waals surface area contributed by atoms with E-state index in [-0.39, 0.29) is 11.4 Å². The molecule has 8 heteroatoms. The van der Waals surface area contributed by atoms with Crippen LogP contribution >= 0.6 is 23.4 Å². The van der Waals surface area contributed by atoms with Crippen molar-refractivity contribution in [2.45, 2.75) is 63.9 Å². The normalized spacial score (nSPS) is 13.7. The van der Waals surface area contributed by atoms with Crippen molar-refractivity contribution in [3.05, 3.63) is 76.0 Å². The van der Waals surface area contributed by atoms with E-state index in [1.165, 1.54) is 0 Å². The highest BCUT2D eigenvalue weighted by molar-refractivity contribution is 7.98. The number of ketones is 1. The summed E-state index contributed by atoms with van der Waals surface area (Å²) in [7, 11) is 0. The van der Waals surface area contributed by atoms with Crippen LogP contribution in [0.2, 0.25) is 5.02 Å². The predicted molar refractivity (Wildman–Crippen MR) is 144 cm³/mol. The maximum absolute atomic E-state index is 12.4. The summed E-state index contributed by atoms with van der Waals surface area (Å²) in [5.74, 6) is 0.684. The highest BCUT2D eigenvalue weighted by Crippen LogP contribution is 2.31. The Morgan fingerprint density at radius 1 is 1.31 bits per heavy atom. The number of nitriles is 1. The van der Waals surface area contributed by atoms with Crippen LogP contribution in [0.1, 0.15) is 58.1 Å². The van der Waals surface area contributed by atoms with Gasteiger partial charge in [0.1, 0.15) is 5.60 Å². The summed E-state index contributed by atoms with van der Waals surface area (Å²) in [4.78, 5) is 17.5. The molecule has 0 saturated carbocycles. The van der Waals surface area contributed by atoms with Gasteiger partial charge < -0.3 is 15.8 Å². The number of rotatable bonds is 7. The molecule has 3 N–H and O–H groups in total. The second kappa shape index (κ2) is 13.2. The number of halogens is 1. The van der Waals surface area contributed by atoms with Crippen LogP contribution in [0.15, 0.2) is 64.8 Å². The van der Waals surface area contributed by atoms with Crippen molar-refractivity contribution < 1.29 is 9.53 Å². The molecule has 3 rings (SSSR count). The lowest BCUT2D eigenvalue weighted by Crippen LogP contribution is -2.21. The van der Waals surface area contributed by atoms with Crippen LogP contribution in [0, 0.1) is 11.3 Å². The van der Waals surface area contributed by atoms with Crippen LogP contribution in [0.4, 0.5) is 5.69 Å². The Labute approximate surface area is 217 Å². The van der Waals surface area contributed by atoms with Crippen molar-refractivity contribution in [2.24, 2.45) is 5.73 Å². The Morgan fingerprint density at radius 3 is 2.66 bits per heavy atom. The molecule has 1 aromatic heterocycles. The highest BCUT2D eigenvalue weighted by Gasteiger charge is 2.24. The highest BCUT2D eigenvalue weighted by atomic mass is 35.5. The van der Waals surface area contributed by atoms with Gasteiger partial charge in [-0.2, -0.15) is 5.26 Å². The molecular formula is C27H33ClN4O2S. The number of aromatic nitrogens is 1. The maximum atomic E-state index is 12.4. The van der Waals surface area contributed by atoms with Gasteiger partial charge in [0.25, 0.3) is 0 Å². The lowest BCUT2D eigenvalue weighted by Gasteiger charge is -2.20. The minimum absolute atomic E-state index is 0.161. The first-order valence-electron chi connectivity index (χ1n) is 11.4. The molecule has 0 amide bonds. The van der Waals surface area contributed by atoms with Crippen molar-refractivity contribution in [3.63, 3.8) is 0 Å². The number of pyridine rings is 1. The quantitative estimate of drug-likeness (QED) is 0.318. The number of allylic oxidation sites excluding steroid dienone is 3. The van der Waals surface area contributed by atoms with E-state index < -0.39 is 0 Å². The fourth-order valence-corrected chi connectivity index (χ4v) is 4.27. The Balaban J connectivity index is 0.000000367. The number of carbonyl (C=O) groups excluding carboxylic acids is 1. The van der Waals surface area contributed by atoms with E-state index in [9.17, 15) is 4.79 Å². The molecule has 0 spiro atoms. The molecule has 1 heterocycles. The number of thioether (sulfide) groups is 1. The second-order valence-corrected chi connectivity index (χ2v) is 10.2. The minimum Gasteiger partial charge on any atom is -0.474 e. The summed E-state index contributed by atoms with van der Waals surface area (Å²) >= 11 is 7.56. The third-order valence-corrected chi connectivity index (χ3v) is 5.94. The number of anilines is 1. The summed E-state index contributed by atoms with van der Waals surface area (Å²) in [6.45, 7) is 7.95. The Hall–Kier alpha value is -2.95. The van der Waals surface area contributed by atoms with Gasteiger partial charge in [0.05, 0.1) is 28.5 Å². The number of Topliss-reactive ketones (excluding diaryl/α,β-unsaturated/α-hetero) is 1. The molecule has 6 nitrogen and oxygen atoms in total. The first-order valence-corrected chi connectivity index (χ1v) is 13.0. The Morgan fingerprint density at radius 2 is 2.06 bits per heavy atom. The van der Waals surface area contributed by atoms with E-state index in [0.29, 0.717) is 35.7 Å². The van der Waals surface area contributed by atoms with Crippen LogP contribution in [0.25, 0.3) is 0 Å². The topological polar surface area (TPSA) is 101 Å². The number of carbonyl (C=O) groups is 1. The van der Waals surface area contributed by atoms with Gasteiger partial charge >= 0.3 is 0 Å². The zero-order valence-electron chi connectivity index (χ0n) is 20.9. The smallest absolute Gasteiger partial charge is 0.180 e. The largest absolute Gasteiger partial charge is 0.474 e. The maximum Gasteiger partial charge on any atom is 0.180 e. The van der Waals surface area contributed by atoms with Crippen molar-refractivity contribution in [3.8, 4) is 6.07 Å². The van der Waals surface area contributed by atoms with E-state index in [1.807, 2.05) is 52.2 Å². The number of nitrogens with one attached hydrogen (secondary N) is 1. The van der Waals surface area contributed by atoms with Gasteiger partial charge in [-0.3, -0.25) is 9.78 Å². The molecule has 0 atom stereocenters. The van der Waals surface area contributed by atoms with E-state index in [0.717, 1.165) is 33.8 Å². The first-order chi connectivity index (χ1) is 16.6. The lowest BCUT2D eigenvalue weighted by molar-refractivity contribution is -0.115. The summed E-state index contributed by atoms with van der Waals surface area (Å²) in [6.07, 6.45) is 9.77. The van der Waals surface area contributed by atoms with Crippen LogP contribution in [0.3, 0.4) is 0 Å². The fourth-order valence-electron chi connectivity index (χ4n) is 3.45. The van der Waals surface area contributed by atoms with Gasteiger partial charge in [-0.15, -0.1) is 11.8 Å². The Kier molecular flexibility index (Phi) is 10.7. The van der Waals surface area contributed by atoms with Crippen LogP contribution in [-0.4, -0.2) is 22.6 Å². The van der Waals surface area contributed by atoms with Crippen molar-refractivity contribution in [1.82, 2.24) is 4.98 Å². The number of hydrogen-bond acceptors (Lipinski definition) is 7. The van der Waals surface area contributed by atoms with Crippen molar-refractivity contribution in [1.29, 1.82) is 5.26 Å². The van der Waals surface area contributed by atoms with Gasteiger partial charge in [0, 0.05) is 35.2 Å². The SMILES string of the molecule is CC/C=C(\N)OC(C)(C)C.CSc1cc(C#N)ccc1CC1=C(Nc2cncc(Cl)c2)CCC1=O. The standard InChI is InChI=1S/C19H16ClN3OS.C8H17NO/c1-25-19-6-12(9-21)2-3-13(19)7-16-17(4-5-18(16)24)23-15-8-14(20)10-22-11-15;1-5-6-7(9)10-8(2,3)4/h2-3,6,8,10-11,23H,4-5,7H2,1H3;6H,5,9H2,1-4H3/b;7-6+. The summed E-state index contributed by atoms with van der Waals surface area (Å²) in [5.41, 5.74) is 9.51. The van der Waals surface area contributed by atoms with Gasteiger partial charge in [-0.05, 0) is 69.7 Å². The molecule has 1 aliphatic carbocycles. The molecular weight excluding hydrogens is 480 g/mol. The monoisotopic (exact) mass is 512 g/mol. The number of ether oxygens (including phenoxy) is 1. The Bertz CT molecular complexity index is 1150. The third kappa shape index (κ3) is 9.31. The average molecular weight is 513 g/mol. The molecule has 0 aliphatic heterocycles. The second-order valence-electron chi connectivity index (χ2n) is 8.94. The first kappa shape index (κ1) is 28.3. The number of hydrogen-bond donors (Lipinski definition) is 2. The van der Waals surface area contributed by atoms with Gasteiger partial charge in [0.2, 0.25) is 0 Å². The molecule has 0 saturated heterocycles. The van der Waals surface area contributed by atoms with Gasteiger partial charge in [-0.1, -0.05) is 24.6 Å². The fraction of sp³-hybridized carbons (Fsp3) is 0.370. The third-order valence-electron chi connectivity index (χ3n) is 4.92. The molecule has 0 fully saturated rings. The van der Waals surface area contributed by atoms with Crippen LogP contribution < -0.4 is 11.1 Å². The van der Waals surface area contributed by atoms with Gasteiger partial charge in [0.15, 0.2) is 11.7 Å².